The Bertz CT molecular complexity index is 478. The van der Waals surface area contributed by atoms with E-state index in [1.54, 1.807) is 6.07 Å². The van der Waals surface area contributed by atoms with Crippen molar-refractivity contribution in [3.8, 4) is 6.07 Å². The number of aliphatic hydroxyl groups is 1. The Hall–Kier alpha value is -1.74. The fourth-order valence-electron chi connectivity index (χ4n) is 1.42. The second kappa shape index (κ2) is 5.93. The number of nitrogens with zero attached hydrogens (tertiary/aromatic N) is 1. The lowest BCUT2D eigenvalue weighted by Crippen LogP contribution is -2.25. The summed E-state index contributed by atoms with van der Waals surface area (Å²) in [6.45, 7) is 3.83. The minimum Gasteiger partial charge on any atom is -0.391 e. The highest BCUT2D eigenvalue weighted by Gasteiger charge is 2.31. The van der Waals surface area contributed by atoms with Crippen molar-refractivity contribution in [2.75, 3.05) is 11.9 Å². The molecule has 0 bridgehead atoms. The Kier molecular flexibility index (Phi) is 4.78. The van der Waals surface area contributed by atoms with Crippen LogP contribution in [0.4, 0.5) is 18.9 Å². The van der Waals surface area contributed by atoms with Gasteiger partial charge in [-0.2, -0.15) is 18.4 Å². The highest BCUT2D eigenvalue weighted by Crippen LogP contribution is 2.31. The third kappa shape index (κ3) is 4.14. The van der Waals surface area contributed by atoms with E-state index in [1.165, 1.54) is 6.07 Å². The second-order valence-corrected chi connectivity index (χ2v) is 4.56. The van der Waals surface area contributed by atoms with Crippen LogP contribution < -0.4 is 5.32 Å². The molecule has 3 nitrogen and oxygen atoms in total. The molecule has 0 fully saturated rings. The van der Waals surface area contributed by atoms with Crippen LogP contribution in [0.1, 0.15) is 25.0 Å². The molecule has 0 saturated heterocycles. The number of hydrogen-bond acceptors (Lipinski definition) is 3. The largest absolute Gasteiger partial charge is 0.416 e. The summed E-state index contributed by atoms with van der Waals surface area (Å²) >= 11 is 0. The standard InChI is InChI=1S/C13H15F3N2O/c1-8(2)12(19)7-18-11-4-3-10(13(14,15)16)5-9(11)6-17/h3-5,8,12,18-19H,7H2,1-2H3. The first-order valence-electron chi connectivity index (χ1n) is 5.79. The highest BCUT2D eigenvalue weighted by molar-refractivity contribution is 5.59. The maximum absolute atomic E-state index is 12.5. The highest BCUT2D eigenvalue weighted by atomic mass is 19.4. The fourth-order valence-corrected chi connectivity index (χ4v) is 1.42. The number of anilines is 1. The van der Waals surface area contributed by atoms with E-state index in [9.17, 15) is 18.3 Å². The van der Waals surface area contributed by atoms with E-state index in [-0.39, 0.29) is 23.7 Å². The van der Waals surface area contributed by atoms with E-state index in [0.717, 1.165) is 12.1 Å². The third-order valence-corrected chi connectivity index (χ3v) is 2.74. The molecular weight excluding hydrogens is 257 g/mol. The Morgan fingerprint density at radius 1 is 1.37 bits per heavy atom. The number of nitrogens with one attached hydrogen (secondary N) is 1. The minimum atomic E-state index is -4.47. The van der Waals surface area contributed by atoms with Crippen molar-refractivity contribution in [1.82, 2.24) is 0 Å². The van der Waals surface area contributed by atoms with Gasteiger partial charge in [0.15, 0.2) is 0 Å². The molecule has 1 aromatic carbocycles. The summed E-state index contributed by atoms with van der Waals surface area (Å²) in [5, 5.41) is 21.3. The van der Waals surface area contributed by atoms with Gasteiger partial charge in [-0.05, 0) is 24.1 Å². The molecule has 1 aromatic rings. The van der Waals surface area contributed by atoms with Gasteiger partial charge in [0.1, 0.15) is 6.07 Å². The zero-order valence-electron chi connectivity index (χ0n) is 10.6. The Morgan fingerprint density at radius 3 is 2.47 bits per heavy atom. The van der Waals surface area contributed by atoms with Crippen LogP contribution in [0.3, 0.4) is 0 Å². The van der Waals surface area contributed by atoms with E-state index in [0.29, 0.717) is 0 Å². The lowest BCUT2D eigenvalue weighted by Gasteiger charge is -2.17. The molecule has 6 heteroatoms. The molecular formula is C13H15F3N2O. The summed E-state index contributed by atoms with van der Waals surface area (Å²) < 4.78 is 37.5. The molecule has 1 atom stereocenters. The van der Waals surface area contributed by atoms with Crippen LogP contribution in [-0.4, -0.2) is 17.8 Å². The Morgan fingerprint density at radius 2 is 2.00 bits per heavy atom. The molecule has 0 aliphatic rings. The van der Waals surface area contributed by atoms with Gasteiger partial charge in [-0.1, -0.05) is 13.8 Å². The average molecular weight is 272 g/mol. The predicted molar refractivity (Wildman–Crippen MR) is 65.5 cm³/mol. The van der Waals surface area contributed by atoms with Crippen LogP contribution in [0.15, 0.2) is 18.2 Å². The van der Waals surface area contributed by atoms with Crippen molar-refractivity contribution in [2.45, 2.75) is 26.1 Å². The molecule has 0 spiro atoms. The minimum absolute atomic E-state index is 0.0208. The molecule has 0 amide bonds. The van der Waals surface area contributed by atoms with E-state index in [4.69, 9.17) is 5.26 Å². The average Bonchev–Trinajstić information content (AvgIpc) is 2.34. The van der Waals surface area contributed by atoms with E-state index < -0.39 is 17.8 Å². The summed E-state index contributed by atoms with van der Waals surface area (Å²) in [6, 6.07) is 4.62. The molecule has 0 heterocycles. The number of halogens is 3. The number of alkyl halides is 3. The van der Waals surface area contributed by atoms with Crippen molar-refractivity contribution < 1.29 is 18.3 Å². The zero-order chi connectivity index (χ0) is 14.6. The van der Waals surface area contributed by atoms with Gasteiger partial charge in [-0.3, -0.25) is 0 Å². The monoisotopic (exact) mass is 272 g/mol. The Labute approximate surface area is 109 Å². The molecule has 0 radical (unpaired) electrons. The lowest BCUT2D eigenvalue weighted by molar-refractivity contribution is -0.137. The molecule has 104 valence electrons. The third-order valence-electron chi connectivity index (χ3n) is 2.74. The van der Waals surface area contributed by atoms with Crippen molar-refractivity contribution in [3.05, 3.63) is 29.3 Å². The summed E-state index contributed by atoms with van der Waals surface area (Å²) in [5.41, 5.74) is -0.667. The van der Waals surface area contributed by atoms with Crippen LogP contribution in [0.25, 0.3) is 0 Å². The first-order chi connectivity index (χ1) is 8.75. The van der Waals surface area contributed by atoms with Gasteiger partial charge in [-0.25, -0.2) is 0 Å². The molecule has 2 N–H and O–H groups in total. The molecule has 0 saturated carbocycles. The molecule has 1 unspecified atom stereocenters. The van der Waals surface area contributed by atoms with Gasteiger partial charge < -0.3 is 10.4 Å². The van der Waals surface area contributed by atoms with Crippen LogP contribution in [0.2, 0.25) is 0 Å². The van der Waals surface area contributed by atoms with Crippen LogP contribution in [-0.2, 0) is 6.18 Å². The quantitative estimate of drug-likeness (QED) is 0.885. The lowest BCUT2D eigenvalue weighted by atomic mass is 10.1. The van der Waals surface area contributed by atoms with Crippen LogP contribution in [0.5, 0.6) is 0 Å². The molecule has 0 aliphatic heterocycles. The van der Waals surface area contributed by atoms with Gasteiger partial charge in [0.25, 0.3) is 0 Å². The smallest absolute Gasteiger partial charge is 0.391 e. The van der Waals surface area contributed by atoms with E-state index in [2.05, 4.69) is 5.32 Å². The normalized spacial score (nSPS) is 13.2. The molecule has 19 heavy (non-hydrogen) atoms. The molecule has 0 aliphatic carbocycles. The van der Waals surface area contributed by atoms with Crippen molar-refractivity contribution in [1.29, 1.82) is 5.26 Å². The summed E-state index contributed by atoms with van der Waals surface area (Å²) in [6.07, 6.45) is -5.10. The van der Waals surface area contributed by atoms with Crippen molar-refractivity contribution in [2.24, 2.45) is 5.92 Å². The number of benzene rings is 1. The van der Waals surface area contributed by atoms with Gasteiger partial charge >= 0.3 is 6.18 Å². The van der Waals surface area contributed by atoms with Crippen molar-refractivity contribution >= 4 is 5.69 Å². The predicted octanol–water partition coefficient (Wildman–Crippen LogP) is 3.01. The van der Waals surface area contributed by atoms with E-state index in [1.807, 2.05) is 13.8 Å². The van der Waals surface area contributed by atoms with Gasteiger partial charge in [0, 0.05) is 6.54 Å². The maximum atomic E-state index is 12.5. The molecule has 1 rings (SSSR count). The number of nitriles is 1. The van der Waals surface area contributed by atoms with Crippen molar-refractivity contribution in [3.63, 3.8) is 0 Å². The first-order valence-corrected chi connectivity index (χ1v) is 5.79. The zero-order valence-corrected chi connectivity index (χ0v) is 10.6. The fraction of sp³-hybridized carbons (Fsp3) is 0.462. The Balaban J connectivity index is 2.89. The topological polar surface area (TPSA) is 56.0 Å². The summed E-state index contributed by atoms with van der Waals surface area (Å²) in [5.74, 6) is 0.0208. The number of rotatable bonds is 4. The second-order valence-electron chi connectivity index (χ2n) is 4.56. The van der Waals surface area contributed by atoms with Gasteiger partial charge in [-0.15, -0.1) is 0 Å². The maximum Gasteiger partial charge on any atom is 0.416 e. The van der Waals surface area contributed by atoms with Gasteiger partial charge in [0.05, 0.1) is 22.9 Å². The first kappa shape index (κ1) is 15.3. The summed E-state index contributed by atoms with van der Waals surface area (Å²) in [4.78, 5) is 0. The van der Waals surface area contributed by atoms with Crippen LogP contribution >= 0.6 is 0 Å². The summed E-state index contributed by atoms with van der Waals surface area (Å²) in [7, 11) is 0. The van der Waals surface area contributed by atoms with E-state index >= 15 is 0 Å². The molecule has 0 aromatic heterocycles. The number of aliphatic hydroxyl groups excluding tert-OH is 1. The van der Waals surface area contributed by atoms with Crippen LogP contribution in [0, 0.1) is 17.2 Å². The number of hydrogen-bond donors (Lipinski definition) is 2. The SMILES string of the molecule is CC(C)C(O)CNc1ccc(C(F)(F)F)cc1C#N. The van der Waals surface area contributed by atoms with Gasteiger partial charge in [0.2, 0.25) is 0 Å².